The van der Waals surface area contributed by atoms with Crippen molar-refractivity contribution in [3.05, 3.63) is 24.3 Å². The Kier molecular flexibility index (Phi) is 6.58. The number of rotatable bonds is 3. The monoisotopic (exact) mass is 130 g/mol. The van der Waals surface area contributed by atoms with Gasteiger partial charge >= 0.3 is 0 Å². The van der Waals surface area contributed by atoms with Crippen LogP contribution >= 0.6 is 11.6 Å². The van der Waals surface area contributed by atoms with Crippen LogP contribution in [0.15, 0.2) is 24.3 Å². The van der Waals surface area contributed by atoms with Crippen molar-refractivity contribution in [3.63, 3.8) is 0 Å². The lowest BCUT2D eigenvalue weighted by Crippen LogP contribution is -1.59. The summed E-state index contributed by atoms with van der Waals surface area (Å²) in [4.78, 5) is 0. The van der Waals surface area contributed by atoms with Gasteiger partial charge in [-0.1, -0.05) is 24.3 Å². The number of alkyl halides is 1. The molecule has 0 aromatic rings. The minimum Gasteiger partial charge on any atom is -0.122 e. The maximum Gasteiger partial charge on any atom is 0.0404 e. The second-order valence-electron chi connectivity index (χ2n) is 1.43. The number of allylic oxidation sites excluding steroid dienone is 4. The molecule has 0 aliphatic rings. The lowest BCUT2D eigenvalue weighted by atomic mass is 10.3. The van der Waals surface area contributed by atoms with Crippen LogP contribution in [0, 0.1) is 0 Å². The first kappa shape index (κ1) is 7.77. The standard InChI is InChI=1S/C7H11Cl/c1-2-3-4-5-6-7-8/h2-3,5-6H,4,7H2,1H3/b3-2+,6-5+. The van der Waals surface area contributed by atoms with E-state index in [0.29, 0.717) is 5.88 Å². The van der Waals surface area contributed by atoms with Gasteiger partial charge in [-0.2, -0.15) is 0 Å². The second kappa shape index (κ2) is 6.77. The lowest BCUT2D eigenvalue weighted by Gasteiger charge is -1.76. The molecule has 0 unspecified atom stereocenters. The number of hydrogen-bond acceptors (Lipinski definition) is 0. The fourth-order valence-corrected chi connectivity index (χ4v) is 0.500. The van der Waals surface area contributed by atoms with E-state index in [0.717, 1.165) is 6.42 Å². The molecule has 0 aliphatic heterocycles. The predicted molar refractivity (Wildman–Crippen MR) is 39.3 cm³/mol. The molecule has 0 bridgehead atoms. The van der Waals surface area contributed by atoms with Gasteiger partial charge in [-0.25, -0.2) is 0 Å². The first-order valence-electron chi connectivity index (χ1n) is 2.74. The highest BCUT2D eigenvalue weighted by Crippen LogP contribution is 1.85. The molecule has 8 heavy (non-hydrogen) atoms. The van der Waals surface area contributed by atoms with Crippen molar-refractivity contribution in [2.24, 2.45) is 0 Å². The average Bonchev–Trinajstić information content (AvgIpc) is 1.81. The zero-order valence-electron chi connectivity index (χ0n) is 5.10. The maximum atomic E-state index is 5.37. The van der Waals surface area contributed by atoms with Crippen LogP contribution in [0.3, 0.4) is 0 Å². The first-order chi connectivity index (χ1) is 3.91. The van der Waals surface area contributed by atoms with Gasteiger partial charge in [0.25, 0.3) is 0 Å². The molecule has 1 heteroatoms. The molecule has 0 aromatic heterocycles. The summed E-state index contributed by atoms with van der Waals surface area (Å²) in [6, 6.07) is 0. The van der Waals surface area contributed by atoms with E-state index in [9.17, 15) is 0 Å². The molecule has 0 heterocycles. The summed E-state index contributed by atoms with van der Waals surface area (Å²) in [6.07, 6.45) is 9.11. The van der Waals surface area contributed by atoms with Gasteiger partial charge < -0.3 is 0 Å². The van der Waals surface area contributed by atoms with E-state index in [2.05, 4.69) is 6.08 Å². The first-order valence-corrected chi connectivity index (χ1v) is 3.27. The van der Waals surface area contributed by atoms with E-state index in [1.165, 1.54) is 0 Å². The molecule has 0 atom stereocenters. The zero-order chi connectivity index (χ0) is 6.24. The van der Waals surface area contributed by atoms with Crippen molar-refractivity contribution in [2.45, 2.75) is 13.3 Å². The Labute approximate surface area is 55.9 Å². The van der Waals surface area contributed by atoms with Gasteiger partial charge in [-0.05, 0) is 13.3 Å². The third-order valence-corrected chi connectivity index (χ3v) is 0.942. The van der Waals surface area contributed by atoms with Crippen LogP contribution < -0.4 is 0 Å². The minimum atomic E-state index is 0.623. The SMILES string of the molecule is C/C=C/C/C=C/CCl. The van der Waals surface area contributed by atoms with Gasteiger partial charge in [0.2, 0.25) is 0 Å². The Hall–Kier alpha value is -0.230. The average molecular weight is 131 g/mol. The molecule has 0 nitrogen and oxygen atoms in total. The zero-order valence-corrected chi connectivity index (χ0v) is 5.86. The van der Waals surface area contributed by atoms with Crippen LogP contribution in [0.2, 0.25) is 0 Å². The van der Waals surface area contributed by atoms with Crippen molar-refractivity contribution >= 4 is 11.6 Å². The lowest BCUT2D eigenvalue weighted by molar-refractivity contribution is 1.37. The summed E-state index contributed by atoms with van der Waals surface area (Å²) in [5.74, 6) is 0.623. The highest BCUT2D eigenvalue weighted by atomic mass is 35.5. The fraction of sp³-hybridized carbons (Fsp3) is 0.429. The van der Waals surface area contributed by atoms with E-state index in [4.69, 9.17) is 11.6 Å². The van der Waals surface area contributed by atoms with Gasteiger partial charge in [0.15, 0.2) is 0 Å². The largest absolute Gasteiger partial charge is 0.122 e. The molecule has 46 valence electrons. The maximum absolute atomic E-state index is 5.37. The fourth-order valence-electron chi connectivity index (χ4n) is 0.374. The van der Waals surface area contributed by atoms with E-state index in [-0.39, 0.29) is 0 Å². The van der Waals surface area contributed by atoms with Crippen LogP contribution in [0.1, 0.15) is 13.3 Å². The highest BCUT2D eigenvalue weighted by molar-refractivity contribution is 6.18. The molecule has 0 saturated heterocycles. The van der Waals surface area contributed by atoms with Crippen LogP contribution in [0.5, 0.6) is 0 Å². The molecule has 0 spiro atoms. The molecule has 0 saturated carbocycles. The molecule has 0 amide bonds. The molecule has 0 aliphatic carbocycles. The molecule has 0 N–H and O–H groups in total. The van der Waals surface area contributed by atoms with Gasteiger partial charge in [-0.3, -0.25) is 0 Å². The Morgan fingerprint density at radius 2 is 2.00 bits per heavy atom. The van der Waals surface area contributed by atoms with Gasteiger partial charge in [0.05, 0.1) is 0 Å². The molecule has 0 rings (SSSR count). The smallest absolute Gasteiger partial charge is 0.0404 e. The Morgan fingerprint density at radius 3 is 2.50 bits per heavy atom. The summed E-state index contributed by atoms with van der Waals surface area (Å²) >= 11 is 5.37. The Balaban J connectivity index is 3.03. The third-order valence-electron chi connectivity index (χ3n) is 0.764. The summed E-state index contributed by atoms with van der Waals surface area (Å²) < 4.78 is 0. The minimum absolute atomic E-state index is 0.623. The van der Waals surface area contributed by atoms with Crippen LogP contribution in [-0.4, -0.2) is 5.88 Å². The topological polar surface area (TPSA) is 0 Å². The van der Waals surface area contributed by atoms with Crippen LogP contribution in [0.25, 0.3) is 0 Å². The molecule has 0 fully saturated rings. The highest BCUT2D eigenvalue weighted by Gasteiger charge is 1.66. The van der Waals surface area contributed by atoms with E-state index < -0.39 is 0 Å². The molecular weight excluding hydrogens is 120 g/mol. The summed E-state index contributed by atoms with van der Waals surface area (Å²) in [6.45, 7) is 2.01. The quantitative estimate of drug-likeness (QED) is 0.407. The van der Waals surface area contributed by atoms with Crippen LogP contribution in [-0.2, 0) is 0 Å². The molecule has 0 radical (unpaired) electrons. The predicted octanol–water partition coefficient (Wildman–Crippen LogP) is 2.75. The van der Waals surface area contributed by atoms with Crippen molar-refractivity contribution in [1.29, 1.82) is 0 Å². The van der Waals surface area contributed by atoms with Crippen molar-refractivity contribution in [2.75, 3.05) is 5.88 Å². The number of halogens is 1. The van der Waals surface area contributed by atoms with Crippen LogP contribution in [0.4, 0.5) is 0 Å². The van der Waals surface area contributed by atoms with Crippen molar-refractivity contribution in [3.8, 4) is 0 Å². The Morgan fingerprint density at radius 1 is 1.25 bits per heavy atom. The third kappa shape index (κ3) is 5.77. The summed E-state index contributed by atoms with van der Waals surface area (Å²) in [5, 5.41) is 0. The van der Waals surface area contributed by atoms with E-state index in [1.807, 2.05) is 25.2 Å². The van der Waals surface area contributed by atoms with E-state index >= 15 is 0 Å². The second-order valence-corrected chi connectivity index (χ2v) is 1.74. The number of hydrogen-bond donors (Lipinski definition) is 0. The van der Waals surface area contributed by atoms with Crippen molar-refractivity contribution in [1.82, 2.24) is 0 Å². The summed E-state index contributed by atoms with van der Waals surface area (Å²) in [7, 11) is 0. The summed E-state index contributed by atoms with van der Waals surface area (Å²) in [5.41, 5.74) is 0. The van der Waals surface area contributed by atoms with Gasteiger partial charge in [-0.15, -0.1) is 11.6 Å². The Bertz CT molecular complexity index is 82.4. The van der Waals surface area contributed by atoms with Crippen molar-refractivity contribution < 1.29 is 0 Å². The molecular formula is C7H11Cl. The van der Waals surface area contributed by atoms with Gasteiger partial charge in [0, 0.05) is 5.88 Å². The molecule has 0 aromatic carbocycles. The van der Waals surface area contributed by atoms with E-state index in [1.54, 1.807) is 0 Å². The normalized spacial score (nSPS) is 11.8. The van der Waals surface area contributed by atoms with Gasteiger partial charge in [0.1, 0.15) is 0 Å².